The zero-order valence-electron chi connectivity index (χ0n) is 13.5. The minimum Gasteiger partial charge on any atom is -0.375 e. The van der Waals surface area contributed by atoms with E-state index in [1.54, 1.807) is 11.3 Å². The highest BCUT2D eigenvalue weighted by molar-refractivity contribution is 7.17. The lowest BCUT2D eigenvalue weighted by Gasteiger charge is -2.05. The van der Waals surface area contributed by atoms with Crippen LogP contribution in [0.15, 0.2) is 60.7 Å². The molecular weight excluding hydrogens is 312 g/mol. The molecule has 1 aliphatic heterocycles. The van der Waals surface area contributed by atoms with Crippen molar-refractivity contribution in [3.63, 3.8) is 0 Å². The Labute approximate surface area is 146 Å². The SMILES string of the molecule is C(=C(/c1ccccc1)c1nc2c(s1)NCCCC2)/c1ccccc1. The standard InChI is InChI=1S/C21H20N2S/c1-3-9-16(10-4-1)15-18(17-11-5-2-6-12-17)20-23-19-13-7-8-14-22-21(19)24-20/h1-6,9-12,15,22H,7-8,13-14H2/b18-15+. The maximum absolute atomic E-state index is 4.97. The number of hydrogen-bond donors (Lipinski definition) is 1. The number of anilines is 1. The van der Waals surface area contributed by atoms with E-state index in [9.17, 15) is 0 Å². The van der Waals surface area contributed by atoms with Gasteiger partial charge in [-0.2, -0.15) is 0 Å². The number of fused-ring (bicyclic) bond motifs is 1. The Bertz CT molecular complexity index is 811. The zero-order chi connectivity index (χ0) is 16.2. The Morgan fingerprint density at radius 3 is 2.50 bits per heavy atom. The average Bonchev–Trinajstić information content (AvgIpc) is 2.91. The molecule has 1 aromatic heterocycles. The summed E-state index contributed by atoms with van der Waals surface area (Å²) in [6.07, 6.45) is 5.76. The molecule has 2 aromatic carbocycles. The smallest absolute Gasteiger partial charge is 0.126 e. The van der Waals surface area contributed by atoms with Crippen LogP contribution in [0.2, 0.25) is 0 Å². The summed E-state index contributed by atoms with van der Waals surface area (Å²) < 4.78 is 0. The fraction of sp³-hybridized carbons (Fsp3) is 0.190. The van der Waals surface area contributed by atoms with Gasteiger partial charge in [0.1, 0.15) is 10.0 Å². The molecule has 3 aromatic rings. The third-order valence-corrected chi connectivity index (χ3v) is 5.34. The number of hydrogen-bond acceptors (Lipinski definition) is 3. The van der Waals surface area contributed by atoms with Crippen LogP contribution in [0.4, 0.5) is 5.00 Å². The van der Waals surface area contributed by atoms with Crippen LogP contribution in [0.1, 0.15) is 34.7 Å². The van der Waals surface area contributed by atoms with Gasteiger partial charge in [-0.05, 0) is 36.5 Å². The molecule has 0 saturated heterocycles. The van der Waals surface area contributed by atoms with Crippen LogP contribution < -0.4 is 5.32 Å². The van der Waals surface area contributed by atoms with Gasteiger partial charge in [-0.25, -0.2) is 4.98 Å². The van der Waals surface area contributed by atoms with Crippen LogP contribution in [-0.2, 0) is 6.42 Å². The van der Waals surface area contributed by atoms with Crippen molar-refractivity contribution in [2.45, 2.75) is 19.3 Å². The van der Waals surface area contributed by atoms with Crippen LogP contribution in [0.5, 0.6) is 0 Å². The van der Waals surface area contributed by atoms with Gasteiger partial charge in [0.15, 0.2) is 0 Å². The van der Waals surface area contributed by atoms with Gasteiger partial charge in [0.25, 0.3) is 0 Å². The van der Waals surface area contributed by atoms with Crippen molar-refractivity contribution in [3.8, 4) is 0 Å². The summed E-state index contributed by atoms with van der Waals surface area (Å²) in [6, 6.07) is 21.0. The van der Waals surface area contributed by atoms with Crippen molar-refractivity contribution in [2.75, 3.05) is 11.9 Å². The second-order valence-corrected chi connectivity index (χ2v) is 7.01. The summed E-state index contributed by atoms with van der Waals surface area (Å²) in [5, 5.41) is 5.89. The van der Waals surface area contributed by atoms with Gasteiger partial charge in [0.05, 0.1) is 5.69 Å². The highest BCUT2D eigenvalue weighted by Gasteiger charge is 2.17. The number of thiazole rings is 1. The molecule has 0 bridgehead atoms. The van der Waals surface area contributed by atoms with E-state index in [2.05, 4.69) is 72.1 Å². The molecule has 0 saturated carbocycles. The average molecular weight is 332 g/mol. The molecule has 0 spiro atoms. The van der Waals surface area contributed by atoms with Crippen molar-refractivity contribution in [1.29, 1.82) is 0 Å². The highest BCUT2D eigenvalue weighted by Crippen LogP contribution is 2.35. The van der Waals surface area contributed by atoms with Crippen LogP contribution >= 0.6 is 11.3 Å². The minimum absolute atomic E-state index is 1.05. The second-order valence-electron chi connectivity index (χ2n) is 6.01. The monoisotopic (exact) mass is 332 g/mol. The number of nitrogens with zero attached hydrogens (tertiary/aromatic N) is 1. The quantitative estimate of drug-likeness (QED) is 0.642. The van der Waals surface area contributed by atoms with Crippen LogP contribution in [0, 0.1) is 0 Å². The van der Waals surface area contributed by atoms with E-state index in [4.69, 9.17) is 4.98 Å². The first-order valence-electron chi connectivity index (χ1n) is 8.46. The van der Waals surface area contributed by atoms with Crippen molar-refractivity contribution in [2.24, 2.45) is 0 Å². The second kappa shape index (κ2) is 7.02. The molecule has 2 heterocycles. The molecule has 0 amide bonds. The predicted molar refractivity (Wildman–Crippen MR) is 103 cm³/mol. The van der Waals surface area contributed by atoms with Gasteiger partial charge < -0.3 is 5.32 Å². The van der Waals surface area contributed by atoms with Crippen molar-refractivity contribution in [1.82, 2.24) is 4.98 Å². The first kappa shape index (κ1) is 15.2. The maximum Gasteiger partial charge on any atom is 0.126 e. The molecule has 1 aliphatic rings. The number of nitrogens with one attached hydrogen (secondary N) is 1. The number of aromatic nitrogens is 1. The van der Waals surface area contributed by atoms with Gasteiger partial charge in [-0.15, -0.1) is 0 Å². The topological polar surface area (TPSA) is 24.9 Å². The molecule has 0 fully saturated rings. The molecular formula is C21H20N2S. The van der Waals surface area contributed by atoms with E-state index in [1.807, 2.05) is 0 Å². The molecule has 24 heavy (non-hydrogen) atoms. The van der Waals surface area contributed by atoms with Gasteiger partial charge in [0.2, 0.25) is 0 Å². The molecule has 1 N–H and O–H groups in total. The maximum atomic E-state index is 4.97. The Hall–Kier alpha value is -2.39. The summed E-state index contributed by atoms with van der Waals surface area (Å²) in [7, 11) is 0. The first-order valence-corrected chi connectivity index (χ1v) is 9.28. The summed E-state index contributed by atoms with van der Waals surface area (Å²) in [5.41, 5.74) is 4.84. The number of rotatable bonds is 3. The molecule has 0 atom stereocenters. The van der Waals surface area contributed by atoms with Gasteiger partial charge in [-0.1, -0.05) is 72.0 Å². The van der Waals surface area contributed by atoms with E-state index >= 15 is 0 Å². The molecule has 4 rings (SSSR count). The van der Waals surface area contributed by atoms with Crippen molar-refractivity contribution < 1.29 is 0 Å². The molecule has 120 valence electrons. The Morgan fingerprint density at radius 2 is 1.71 bits per heavy atom. The Morgan fingerprint density at radius 1 is 0.958 bits per heavy atom. The lowest BCUT2D eigenvalue weighted by molar-refractivity contribution is 0.774. The summed E-state index contributed by atoms with van der Waals surface area (Å²) >= 11 is 1.78. The summed E-state index contributed by atoms with van der Waals surface area (Å²) in [5.74, 6) is 0. The Balaban J connectivity index is 1.80. The molecule has 0 radical (unpaired) electrons. The van der Waals surface area contributed by atoms with E-state index in [0.717, 1.165) is 18.0 Å². The summed E-state index contributed by atoms with van der Waals surface area (Å²) in [4.78, 5) is 4.97. The van der Waals surface area contributed by atoms with Crippen LogP contribution in [0.3, 0.4) is 0 Å². The van der Waals surface area contributed by atoms with E-state index in [1.165, 1.54) is 40.2 Å². The van der Waals surface area contributed by atoms with Gasteiger partial charge in [0, 0.05) is 12.1 Å². The largest absolute Gasteiger partial charge is 0.375 e. The third kappa shape index (κ3) is 3.26. The highest BCUT2D eigenvalue weighted by atomic mass is 32.1. The van der Waals surface area contributed by atoms with E-state index in [-0.39, 0.29) is 0 Å². The molecule has 0 aliphatic carbocycles. The van der Waals surface area contributed by atoms with E-state index in [0.29, 0.717) is 0 Å². The summed E-state index contributed by atoms with van der Waals surface area (Å²) in [6.45, 7) is 1.05. The van der Waals surface area contributed by atoms with Crippen molar-refractivity contribution in [3.05, 3.63) is 82.5 Å². The zero-order valence-corrected chi connectivity index (χ0v) is 14.4. The molecule has 0 unspecified atom stereocenters. The third-order valence-electron chi connectivity index (χ3n) is 4.25. The predicted octanol–water partition coefficient (Wildman–Crippen LogP) is 5.48. The van der Waals surface area contributed by atoms with Crippen LogP contribution in [0.25, 0.3) is 11.6 Å². The Kier molecular flexibility index (Phi) is 4.43. The van der Waals surface area contributed by atoms with Gasteiger partial charge in [-0.3, -0.25) is 0 Å². The fourth-order valence-electron chi connectivity index (χ4n) is 3.00. The first-order chi connectivity index (χ1) is 11.9. The minimum atomic E-state index is 1.05. The van der Waals surface area contributed by atoms with E-state index < -0.39 is 0 Å². The number of benzene rings is 2. The van der Waals surface area contributed by atoms with Crippen molar-refractivity contribution >= 4 is 28.0 Å². The normalized spacial score (nSPS) is 14.6. The van der Waals surface area contributed by atoms with Gasteiger partial charge >= 0.3 is 0 Å². The lowest BCUT2D eigenvalue weighted by Crippen LogP contribution is -1.96. The fourth-order valence-corrected chi connectivity index (χ4v) is 4.07. The lowest BCUT2D eigenvalue weighted by atomic mass is 10.0. The number of aryl methyl sites for hydroxylation is 1. The molecule has 3 heteroatoms. The molecule has 2 nitrogen and oxygen atoms in total. The van der Waals surface area contributed by atoms with Crippen LogP contribution in [-0.4, -0.2) is 11.5 Å².